The monoisotopic (exact) mass is 492 g/mol. The minimum Gasteiger partial charge on any atom is -0.361 e. The van der Waals surface area contributed by atoms with E-state index in [9.17, 15) is 14.4 Å². The largest absolute Gasteiger partial charge is 0.361 e. The Morgan fingerprint density at radius 2 is 1.63 bits per heavy atom. The van der Waals surface area contributed by atoms with Crippen molar-refractivity contribution >= 4 is 45.9 Å². The highest BCUT2D eigenvalue weighted by molar-refractivity contribution is 6.34. The Morgan fingerprint density at radius 1 is 0.914 bits per heavy atom. The summed E-state index contributed by atoms with van der Waals surface area (Å²) < 4.78 is 0. The SMILES string of the molecule is O=C(NC1CCCCC1NC(=O)c1cc2[nH]ccc2cc1Cl)c1ccc(N2CCCCC2=O)cc1. The van der Waals surface area contributed by atoms with E-state index in [1.807, 2.05) is 24.4 Å². The van der Waals surface area contributed by atoms with Crippen LogP contribution in [0.4, 0.5) is 5.69 Å². The van der Waals surface area contributed by atoms with Gasteiger partial charge in [0.25, 0.3) is 11.8 Å². The van der Waals surface area contributed by atoms with Crippen molar-refractivity contribution in [1.82, 2.24) is 15.6 Å². The number of piperidine rings is 1. The number of hydrogen-bond acceptors (Lipinski definition) is 3. The summed E-state index contributed by atoms with van der Waals surface area (Å²) >= 11 is 6.38. The van der Waals surface area contributed by atoms with Crippen LogP contribution in [0.1, 0.15) is 65.7 Å². The lowest BCUT2D eigenvalue weighted by Gasteiger charge is -2.33. The molecule has 0 spiro atoms. The van der Waals surface area contributed by atoms with Gasteiger partial charge in [-0.05, 0) is 68.1 Å². The van der Waals surface area contributed by atoms with Crippen LogP contribution in [0.15, 0.2) is 48.7 Å². The molecule has 8 heteroatoms. The van der Waals surface area contributed by atoms with Crippen LogP contribution in [0.5, 0.6) is 0 Å². The summed E-state index contributed by atoms with van der Waals surface area (Å²) in [5, 5.41) is 7.57. The second-order valence-corrected chi connectivity index (χ2v) is 9.80. The number of benzene rings is 2. The first kappa shape index (κ1) is 23.4. The van der Waals surface area contributed by atoms with Crippen LogP contribution in [0.25, 0.3) is 10.9 Å². The van der Waals surface area contributed by atoms with Gasteiger partial charge < -0.3 is 20.5 Å². The van der Waals surface area contributed by atoms with E-state index < -0.39 is 0 Å². The van der Waals surface area contributed by atoms with Gasteiger partial charge >= 0.3 is 0 Å². The molecule has 0 radical (unpaired) electrons. The molecule has 1 aromatic heterocycles. The van der Waals surface area contributed by atoms with Gasteiger partial charge in [0.1, 0.15) is 0 Å². The van der Waals surface area contributed by atoms with Crippen molar-refractivity contribution in [3.05, 3.63) is 64.8 Å². The molecule has 2 unspecified atom stereocenters. The normalized spacial score (nSPS) is 20.6. The summed E-state index contributed by atoms with van der Waals surface area (Å²) in [5.41, 5.74) is 2.63. The fourth-order valence-corrected chi connectivity index (χ4v) is 5.35. The molecule has 0 bridgehead atoms. The van der Waals surface area contributed by atoms with Crippen molar-refractivity contribution in [2.24, 2.45) is 0 Å². The average molecular weight is 493 g/mol. The minimum atomic E-state index is -0.242. The van der Waals surface area contributed by atoms with E-state index in [0.29, 0.717) is 29.1 Å². The van der Waals surface area contributed by atoms with Crippen LogP contribution in [0, 0.1) is 0 Å². The molecule has 2 fully saturated rings. The van der Waals surface area contributed by atoms with Gasteiger partial charge in [-0.15, -0.1) is 0 Å². The highest BCUT2D eigenvalue weighted by atomic mass is 35.5. The molecule has 3 N–H and O–H groups in total. The van der Waals surface area contributed by atoms with E-state index >= 15 is 0 Å². The highest BCUT2D eigenvalue weighted by Crippen LogP contribution is 2.26. The third-order valence-electron chi connectivity index (χ3n) is 7.05. The van der Waals surface area contributed by atoms with Gasteiger partial charge in [-0.25, -0.2) is 0 Å². The van der Waals surface area contributed by atoms with E-state index in [1.165, 1.54) is 0 Å². The molecule has 5 rings (SSSR count). The molecule has 35 heavy (non-hydrogen) atoms. The number of rotatable bonds is 5. The van der Waals surface area contributed by atoms with Gasteiger partial charge in [-0.2, -0.15) is 0 Å². The number of amides is 3. The number of anilines is 1. The van der Waals surface area contributed by atoms with Crippen molar-refractivity contribution in [3.8, 4) is 0 Å². The molecular formula is C27H29ClN4O3. The average Bonchev–Trinajstić information content (AvgIpc) is 3.32. The molecule has 3 amide bonds. The fourth-order valence-electron chi connectivity index (χ4n) is 5.09. The van der Waals surface area contributed by atoms with Crippen LogP contribution in [-0.2, 0) is 4.79 Å². The molecule has 2 atom stereocenters. The van der Waals surface area contributed by atoms with E-state index in [1.54, 1.807) is 29.2 Å². The zero-order valence-corrected chi connectivity index (χ0v) is 20.2. The molecular weight excluding hydrogens is 464 g/mol. The summed E-state index contributed by atoms with van der Waals surface area (Å²) in [6, 6.07) is 12.3. The van der Waals surface area contributed by atoms with Crippen LogP contribution in [-0.4, -0.2) is 41.3 Å². The number of nitrogens with one attached hydrogen (secondary N) is 3. The van der Waals surface area contributed by atoms with Gasteiger partial charge in [-0.1, -0.05) is 24.4 Å². The van der Waals surface area contributed by atoms with Crippen LogP contribution in [0.2, 0.25) is 5.02 Å². The number of nitrogens with zero attached hydrogens (tertiary/aromatic N) is 1. The first-order valence-electron chi connectivity index (χ1n) is 12.3. The number of aromatic amines is 1. The molecule has 3 aromatic rings. The lowest BCUT2D eigenvalue weighted by Crippen LogP contribution is -2.53. The molecule has 2 heterocycles. The molecule has 182 valence electrons. The van der Waals surface area contributed by atoms with Crippen molar-refractivity contribution in [2.45, 2.75) is 57.0 Å². The second kappa shape index (κ2) is 10.1. The Kier molecular flexibility index (Phi) is 6.77. The number of H-pyrrole nitrogens is 1. The van der Waals surface area contributed by atoms with Crippen molar-refractivity contribution in [1.29, 1.82) is 0 Å². The zero-order valence-electron chi connectivity index (χ0n) is 19.5. The summed E-state index contributed by atoms with van der Waals surface area (Å²) in [7, 11) is 0. The number of aromatic nitrogens is 1. The maximum atomic E-state index is 13.1. The molecule has 1 aliphatic carbocycles. The molecule has 1 saturated heterocycles. The summed E-state index contributed by atoms with van der Waals surface area (Å²) in [6.45, 7) is 0.717. The topological polar surface area (TPSA) is 94.3 Å². The molecule has 7 nitrogen and oxygen atoms in total. The van der Waals surface area contributed by atoms with Crippen molar-refractivity contribution < 1.29 is 14.4 Å². The summed E-state index contributed by atoms with van der Waals surface area (Å²) in [4.78, 5) is 43.1. The Labute approximate surface area is 209 Å². The smallest absolute Gasteiger partial charge is 0.253 e. The van der Waals surface area contributed by atoms with Gasteiger partial charge in [0.15, 0.2) is 0 Å². The lowest BCUT2D eigenvalue weighted by molar-refractivity contribution is -0.119. The molecule has 2 aliphatic rings. The standard InChI is InChI=1S/C27H29ClN4O3/c28-21-15-18-12-13-29-24(18)16-20(21)27(35)31-23-6-2-1-5-22(23)30-26(34)17-8-10-19(11-9-17)32-14-4-3-7-25(32)33/h8-13,15-16,22-23,29H,1-7,14H2,(H,30,34)(H,31,35). The molecule has 1 saturated carbocycles. The van der Waals surface area contributed by atoms with Crippen molar-refractivity contribution in [2.75, 3.05) is 11.4 Å². The predicted octanol–water partition coefficient (Wildman–Crippen LogP) is 4.81. The van der Waals surface area contributed by atoms with Gasteiger partial charge in [0.2, 0.25) is 5.91 Å². The quantitative estimate of drug-likeness (QED) is 0.477. The van der Waals surface area contributed by atoms with Crippen LogP contribution < -0.4 is 15.5 Å². The number of fused-ring (bicyclic) bond motifs is 1. The third-order valence-corrected chi connectivity index (χ3v) is 7.36. The maximum absolute atomic E-state index is 13.1. The van der Waals surface area contributed by atoms with Gasteiger partial charge in [0, 0.05) is 53.4 Å². The number of hydrogen-bond donors (Lipinski definition) is 3. The molecule has 1 aliphatic heterocycles. The summed E-state index contributed by atoms with van der Waals surface area (Å²) in [5.74, 6) is -0.295. The Hall–Kier alpha value is -3.32. The Morgan fingerprint density at radius 3 is 2.34 bits per heavy atom. The van der Waals surface area contributed by atoms with E-state index in [2.05, 4.69) is 15.6 Å². The summed E-state index contributed by atoms with van der Waals surface area (Å²) in [6.07, 6.45) is 7.86. The maximum Gasteiger partial charge on any atom is 0.253 e. The molecule has 2 aromatic carbocycles. The second-order valence-electron chi connectivity index (χ2n) is 9.39. The van der Waals surface area contributed by atoms with E-state index in [-0.39, 0.29) is 29.8 Å². The number of halogens is 1. The number of carbonyl (C=O) groups excluding carboxylic acids is 3. The minimum absolute atomic E-state index is 0.129. The number of carbonyl (C=O) groups is 3. The third kappa shape index (κ3) is 5.05. The predicted molar refractivity (Wildman–Crippen MR) is 137 cm³/mol. The first-order valence-corrected chi connectivity index (χ1v) is 12.7. The Bertz CT molecular complexity index is 1250. The van der Waals surface area contributed by atoms with Gasteiger partial charge in [0.05, 0.1) is 10.6 Å². The zero-order chi connectivity index (χ0) is 24.4. The van der Waals surface area contributed by atoms with Gasteiger partial charge in [-0.3, -0.25) is 14.4 Å². The first-order chi connectivity index (χ1) is 17.0. The van der Waals surface area contributed by atoms with Crippen LogP contribution in [0.3, 0.4) is 0 Å². The highest BCUT2D eigenvalue weighted by Gasteiger charge is 2.29. The van der Waals surface area contributed by atoms with Crippen molar-refractivity contribution in [3.63, 3.8) is 0 Å². The van der Waals surface area contributed by atoms with Crippen LogP contribution >= 0.6 is 11.6 Å². The fraction of sp³-hybridized carbons (Fsp3) is 0.370. The van der Waals surface area contributed by atoms with E-state index in [0.717, 1.165) is 55.1 Å². The Balaban J connectivity index is 1.25. The van der Waals surface area contributed by atoms with E-state index in [4.69, 9.17) is 11.6 Å². The lowest BCUT2D eigenvalue weighted by atomic mass is 9.89.